The van der Waals surface area contributed by atoms with Gasteiger partial charge in [0.25, 0.3) is 0 Å². The van der Waals surface area contributed by atoms with Crippen LogP contribution in [-0.2, 0) is 0 Å². The lowest BCUT2D eigenvalue weighted by atomic mass is 10.8. The Morgan fingerprint density at radius 2 is 1.34 bits per heavy atom. The summed E-state index contributed by atoms with van der Waals surface area (Å²) in [4.78, 5) is 18.2. The number of hydrogen-bond acceptors (Lipinski definition) is 7. The van der Waals surface area contributed by atoms with E-state index in [4.69, 9.17) is 4.42 Å². The minimum absolute atomic E-state index is 0.718. The molecule has 9 heteroatoms. The summed E-state index contributed by atoms with van der Waals surface area (Å²) in [6, 6.07) is 0. The fraction of sp³-hybridized carbons (Fsp3) is 0.522. The lowest BCUT2D eigenvalue weighted by molar-refractivity contribution is 0.521. The number of imidazole rings is 1. The summed E-state index contributed by atoms with van der Waals surface area (Å²) >= 11 is 1.67. The predicted molar refractivity (Wildman–Crippen MR) is 138 cm³/mol. The highest BCUT2D eigenvalue weighted by Gasteiger charge is 1.78. The van der Waals surface area contributed by atoms with Gasteiger partial charge in [-0.05, 0) is 20.8 Å². The molecule has 4 rings (SSSR count). The van der Waals surface area contributed by atoms with E-state index in [0.29, 0.717) is 0 Å². The maximum absolute atomic E-state index is 4.72. The molecule has 0 spiro atoms. The standard InChI is InChI=1S/C4H6N2.C4H5NO.C4H5NS.C3H5N3.4C2H6/c3*1-4-5-2-3-6-4;1-3-4-2-5-6-3;4*1-2/h2-3H,1H3,(H,5,6);2*2-3H,1H3;2H,1H3,(H,4,5,6);4*1-2H3. The van der Waals surface area contributed by atoms with E-state index < -0.39 is 0 Å². The van der Waals surface area contributed by atoms with Gasteiger partial charge in [-0.1, -0.05) is 55.4 Å². The first-order valence-corrected chi connectivity index (χ1v) is 12.0. The second-order valence-electron chi connectivity index (χ2n) is 4.35. The number of oxazole rings is 1. The van der Waals surface area contributed by atoms with E-state index in [1.807, 2.05) is 81.5 Å². The maximum atomic E-state index is 4.72. The van der Waals surface area contributed by atoms with Crippen molar-refractivity contribution in [3.63, 3.8) is 0 Å². The largest absolute Gasteiger partial charge is 0.449 e. The molecule has 8 nitrogen and oxygen atoms in total. The number of aromatic nitrogens is 7. The molecule has 0 aliphatic rings. The Kier molecular flexibility index (Phi) is 37.5. The molecule has 184 valence electrons. The van der Waals surface area contributed by atoms with Crippen LogP contribution in [0, 0.1) is 27.7 Å². The lowest BCUT2D eigenvalue weighted by Gasteiger charge is -1.68. The van der Waals surface area contributed by atoms with Gasteiger partial charge in [-0.3, -0.25) is 10.1 Å². The number of aryl methyl sites for hydroxylation is 4. The van der Waals surface area contributed by atoms with Crippen molar-refractivity contribution in [3.05, 3.63) is 65.3 Å². The van der Waals surface area contributed by atoms with E-state index in [1.54, 1.807) is 49.3 Å². The zero-order chi connectivity index (χ0) is 25.6. The van der Waals surface area contributed by atoms with Crippen molar-refractivity contribution in [1.82, 2.24) is 35.1 Å². The number of rotatable bonds is 0. The SMILES string of the molecule is CC.CC.CC.CC.Cc1ncc[nH]1.Cc1ncco1.Cc1nccs1.Cc1ncn[nH]1. The molecule has 0 unspecified atom stereocenters. The molecule has 0 aliphatic heterocycles. The Balaban J connectivity index is -0.000000148. The van der Waals surface area contributed by atoms with Gasteiger partial charge in [0.1, 0.15) is 24.2 Å². The molecule has 0 aromatic carbocycles. The van der Waals surface area contributed by atoms with E-state index in [2.05, 4.69) is 35.1 Å². The Morgan fingerprint density at radius 3 is 1.47 bits per heavy atom. The van der Waals surface area contributed by atoms with Gasteiger partial charge in [-0.2, -0.15) is 5.10 Å². The van der Waals surface area contributed by atoms with Gasteiger partial charge in [-0.15, -0.1) is 11.3 Å². The van der Waals surface area contributed by atoms with Crippen LogP contribution in [-0.4, -0.2) is 35.1 Å². The lowest BCUT2D eigenvalue weighted by Crippen LogP contribution is -1.68. The van der Waals surface area contributed by atoms with Crippen LogP contribution in [0.25, 0.3) is 0 Å². The molecule has 32 heavy (non-hydrogen) atoms. The fourth-order valence-corrected chi connectivity index (χ4v) is 1.64. The quantitative estimate of drug-likeness (QED) is 0.279. The number of thiazole rings is 1. The van der Waals surface area contributed by atoms with E-state index in [1.165, 1.54) is 6.33 Å². The summed E-state index contributed by atoms with van der Waals surface area (Å²) in [6.45, 7) is 23.6. The summed E-state index contributed by atoms with van der Waals surface area (Å²) in [6.07, 6.45) is 9.99. The first kappa shape index (κ1) is 36.6. The Bertz CT molecular complexity index is 580. The van der Waals surface area contributed by atoms with Crippen molar-refractivity contribution in [3.8, 4) is 0 Å². The van der Waals surface area contributed by atoms with Crippen molar-refractivity contribution < 1.29 is 4.42 Å². The number of nitrogens with one attached hydrogen (secondary N) is 2. The average molecular weight is 468 g/mol. The molecular formula is C23H45N7OS. The summed E-state index contributed by atoms with van der Waals surface area (Å²) in [5.41, 5.74) is 0. The van der Waals surface area contributed by atoms with Crippen LogP contribution in [0.4, 0.5) is 0 Å². The minimum Gasteiger partial charge on any atom is -0.449 e. The van der Waals surface area contributed by atoms with Crippen LogP contribution in [0.1, 0.15) is 77.9 Å². The van der Waals surface area contributed by atoms with E-state index in [-0.39, 0.29) is 0 Å². The van der Waals surface area contributed by atoms with Crippen LogP contribution in [0.15, 0.2) is 47.2 Å². The molecule has 0 saturated carbocycles. The molecule has 0 aliphatic carbocycles. The first-order chi connectivity index (χ1) is 15.6. The predicted octanol–water partition coefficient (Wildman–Crippen LogP) is 7.37. The average Bonchev–Trinajstić information content (AvgIpc) is 3.67. The van der Waals surface area contributed by atoms with Crippen LogP contribution < -0.4 is 0 Å². The van der Waals surface area contributed by atoms with Crippen LogP contribution >= 0.6 is 11.3 Å². The van der Waals surface area contributed by atoms with Gasteiger partial charge in [0, 0.05) is 30.9 Å². The van der Waals surface area contributed by atoms with Crippen molar-refractivity contribution >= 4 is 11.3 Å². The highest BCUT2D eigenvalue weighted by Crippen LogP contribution is 1.98. The Morgan fingerprint density at radius 1 is 0.719 bits per heavy atom. The monoisotopic (exact) mass is 467 g/mol. The van der Waals surface area contributed by atoms with Crippen LogP contribution in [0.3, 0.4) is 0 Å². The number of hydrogen-bond donors (Lipinski definition) is 2. The Hall–Kier alpha value is -2.81. The number of nitrogens with zero attached hydrogens (tertiary/aromatic N) is 5. The third kappa shape index (κ3) is 29.4. The first-order valence-electron chi connectivity index (χ1n) is 11.1. The summed E-state index contributed by atoms with van der Waals surface area (Å²) in [5.74, 6) is 2.54. The minimum atomic E-state index is 0.718. The van der Waals surface area contributed by atoms with Crippen molar-refractivity contribution in [2.24, 2.45) is 0 Å². The smallest absolute Gasteiger partial charge is 0.190 e. The second kappa shape index (κ2) is 32.8. The van der Waals surface area contributed by atoms with Gasteiger partial charge < -0.3 is 9.40 Å². The van der Waals surface area contributed by atoms with Crippen LogP contribution in [0.5, 0.6) is 0 Å². The van der Waals surface area contributed by atoms with Gasteiger partial charge in [0.2, 0.25) is 0 Å². The van der Waals surface area contributed by atoms with Gasteiger partial charge in [0.15, 0.2) is 5.89 Å². The molecule has 0 fully saturated rings. The Labute approximate surface area is 199 Å². The zero-order valence-corrected chi connectivity index (χ0v) is 22.9. The molecule has 0 atom stereocenters. The molecule has 0 bridgehead atoms. The van der Waals surface area contributed by atoms with Crippen molar-refractivity contribution in [1.29, 1.82) is 0 Å². The van der Waals surface area contributed by atoms with Gasteiger partial charge in [0.05, 0.1) is 11.2 Å². The fourth-order valence-electron chi connectivity index (χ4n) is 1.20. The highest BCUT2D eigenvalue weighted by atomic mass is 32.1. The van der Waals surface area contributed by atoms with E-state index in [9.17, 15) is 0 Å². The summed E-state index contributed by atoms with van der Waals surface area (Å²) in [7, 11) is 0. The topological polar surface area (TPSA) is 109 Å². The second-order valence-corrected chi connectivity index (χ2v) is 5.45. The molecular weight excluding hydrogens is 422 g/mol. The van der Waals surface area contributed by atoms with E-state index >= 15 is 0 Å². The van der Waals surface area contributed by atoms with E-state index in [0.717, 1.165) is 22.5 Å². The summed E-state index contributed by atoms with van der Waals surface area (Å²) < 4.78 is 4.72. The van der Waals surface area contributed by atoms with Gasteiger partial charge >= 0.3 is 0 Å². The number of aromatic amines is 2. The maximum Gasteiger partial charge on any atom is 0.190 e. The normalized spacial score (nSPS) is 7.38. The third-order valence-electron chi connectivity index (χ3n) is 2.28. The summed E-state index contributed by atoms with van der Waals surface area (Å²) in [5, 5.41) is 9.33. The van der Waals surface area contributed by atoms with Crippen molar-refractivity contribution in [2.45, 2.75) is 83.1 Å². The van der Waals surface area contributed by atoms with Crippen molar-refractivity contribution in [2.75, 3.05) is 0 Å². The highest BCUT2D eigenvalue weighted by molar-refractivity contribution is 7.09. The molecule has 4 aromatic heterocycles. The number of H-pyrrole nitrogens is 2. The molecule has 0 amide bonds. The van der Waals surface area contributed by atoms with Crippen LogP contribution in [0.2, 0.25) is 0 Å². The third-order valence-corrected chi connectivity index (χ3v) is 2.99. The molecule has 4 heterocycles. The zero-order valence-electron chi connectivity index (χ0n) is 22.1. The molecule has 0 saturated heterocycles. The molecule has 0 radical (unpaired) electrons. The molecule has 2 N–H and O–H groups in total. The van der Waals surface area contributed by atoms with Gasteiger partial charge in [-0.25, -0.2) is 15.0 Å². The molecule has 4 aromatic rings.